The number of nitrogens with one attached hydrogen (secondary N) is 2. The smallest absolute Gasteiger partial charge is 0.352 e. The molecule has 0 spiro atoms. The quantitative estimate of drug-likeness (QED) is 0.659. The highest BCUT2D eigenvalue weighted by Gasteiger charge is 2.30. The number of aromatic amines is 1. The van der Waals surface area contributed by atoms with E-state index in [1.54, 1.807) is 18.5 Å². The van der Waals surface area contributed by atoms with Crippen LogP contribution >= 0.6 is 0 Å². The number of H-pyrrole nitrogens is 1. The summed E-state index contributed by atoms with van der Waals surface area (Å²) in [7, 11) is 0. The van der Waals surface area contributed by atoms with Crippen LogP contribution < -0.4 is 10.9 Å². The molecule has 2 aromatic heterocycles. The van der Waals surface area contributed by atoms with Crippen molar-refractivity contribution in [3.8, 4) is 11.4 Å². The highest BCUT2D eigenvalue weighted by Crippen LogP contribution is 2.30. The number of rotatable bonds is 6. The molecule has 29 heavy (non-hydrogen) atoms. The molecule has 1 amide bonds. The summed E-state index contributed by atoms with van der Waals surface area (Å²) in [6, 6.07) is 7.78. The normalized spacial score (nSPS) is 11.3. The van der Waals surface area contributed by atoms with Crippen molar-refractivity contribution in [3.63, 3.8) is 0 Å². The Morgan fingerprint density at radius 3 is 2.48 bits per heavy atom. The van der Waals surface area contributed by atoms with E-state index in [-0.39, 0.29) is 30.3 Å². The van der Waals surface area contributed by atoms with E-state index in [0.717, 1.165) is 17.7 Å². The van der Waals surface area contributed by atoms with Crippen LogP contribution in [0.15, 0.2) is 53.6 Å². The second kappa shape index (κ2) is 8.63. The fourth-order valence-corrected chi connectivity index (χ4v) is 2.49. The summed E-state index contributed by atoms with van der Waals surface area (Å²) in [6.07, 6.45) is -1.06. The number of nitrogens with zero attached hydrogens (tertiary/aromatic N) is 3. The van der Waals surface area contributed by atoms with Crippen LogP contribution in [0, 0.1) is 0 Å². The van der Waals surface area contributed by atoms with Gasteiger partial charge in [0, 0.05) is 37.3 Å². The average Bonchev–Trinajstić information content (AvgIpc) is 2.71. The van der Waals surface area contributed by atoms with Gasteiger partial charge in [-0.25, -0.2) is 0 Å². The van der Waals surface area contributed by atoms with Gasteiger partial charge in [0.15, 0.2) is 5.82 Å². The molecule has 3 aromatic rings. The maximum absolute atomic E-state index is 12.6. The van der Waals surface area contributed by atoms with E-state index in [9.17, 15) is 22.8 Å². The lowest BCUT2D eigenvalue weighted by Crippen LogP contribution is -2.25. The topological polar surface area (TPSA) is 101 Å². The van der Waals surface area contributed by atoms with Crippen molar-refractivity contribution in [3.05, 3.63) is 76.0 Å². The minimum atomic E-state index is -4.45. The summed E-state index contributed by atoms with van der Waals surface area (Å²) in [4.78, 5) is 30.5. The highest BCUT2D eigenvalue weighted by molar-refractivity contribution is 5.76. The zero-order valence-electron chi connectivity index (χ0n) is 15.0. The lowest BCUT2D eigenvalue weighted by atomic mass is 10.1. The molecule has 0 radical (unpaired) electrons. The van der Waals surface area contributed by atoms with Crippen molar-refractivity contribution in [2.24, 2.45) is 0 Å². The molecule has 150 valence electrons. The molecule has 7 nitrogen and oxygen atoms in total. The molecule has 3 rings (SSSR count). The molecule has 0 aliphatic heterocycles. The van der Waals surface area contributed by atoms with Gasteiger partial charge in [0.1, 0.15) is 5.69 Å². The number of halogens is 3. The molecule has 0 bridgehead atoms. The molecule has 0 unspecified atom stereocenters. The molecular formula is C19H16F3N5O2. The van der Waals surface area contributed by atoms with Gasteiger partial charge in [0.25, 0.3) is 5.56 Å². The van der Waals surface area contributed by atoms with Crippen LogP contribution in [0.5, 0.6) is 0 Å². The van der Waals surface area contributed by atoms with E-state index in [2.05, 4.69) is 25.5 Å². The molecule has 2 heterocycles. The number of pyridine rings is 1. The molecule has 0 aliphatic carbocycles. The minimum Gasteiger partial charge on any atom is -0.352 e. The summed E-state index contributed by atoms with van der Waals surface area (Å²) >= 11 is 0. The first-order valence-electron chi connectivity index (χ1n) is 8.62. The van der Waals surface area contributed by atoms with E-state index in [0.29, 0.717) is 12.1 Å². The van der Waals surface area contributed by atoms with Gasteiger partial charge in [0.05, 0.1) is 5.56 Å². The Balaban J connectivity index is 1.59. The van der Waals surface area contributed by atoms with Crippen LogP contribution in [0.3, 0.4) is 0 Å². The Morgan fingerprint density at radius 1 is 1.10 bits per heavy atom. The molecule has 0 atom stereocenters. The number of carbonyl (C=O) groups is 1. The molecule has 0 saturated carbocycles. The van der Waals surface area contributed by atoms with Gasteiger partial charge >= 0.3 is 6.18 Å². The van der Waals surface area contributed by atoms with E-state index in [1.807, 2.05) is 6.07 Å². The van der Waals surface area contributed by atoms with Crippen LogP contribution in [0.4, 0.5) is 13.2 Å². The Bertz CT molecular complexity index is 1030. The Labute approximate surface area is 163 Å². The number of hydrogen-bond acceptors (Lipinski definition) is 5. The van der Waals surface area contributed by atoms with E-state index >= 15 is 0 Å². The summed E-state index contributed by atoms with van der Waals surface area (Å²) < 4.78 is 37.9. The molecule has 2 N–H and O–H groups in total. The van der Waals surface area contributed by atoms with Crippen molar-refractivity contribution < 1.29 is 18.0 Å². The van der Waals surface area contributed by atoms with Gasteiger partial charge in [-0.15, -0.1) is 10.2 Å². The van der Waals surface area contributed by atoms with Crippen LogP contribution in [0.2, 0.25) is 0 Å². The van der Waals surface area contributed by atoms with Gasteiger partial charge in [-0.2, -0.15) is 13.2 Å². The minimum absolute atomic E-state index is 0.0393. The first-order valence-corrected chi connectivity index (χ1v) is 8.62. The third-order valence-corrected chi connectivity index (χ3v) is 4.05. The number of aromatic nitrogens is 4. The predicted octanol–water partition coefficient (Wildman–Crippen LogP) is 2.49. The molecule has 1 aromatic carbocycles. The molecule has 0 fully saturated rings. The van der Waals surface area contributed by atoms with E-state index in [4.69, 9.17) is 0 Å². The largest absolute Gasteiger partial charge is 0.416 e. The third kappa shape index (κ3) is 5.47. The zero-order chi connectivity index (χ0) is 20.9. The number of aryl methyl sites for hydroxylation is 1. The Hall–Kier alpha value is -3.56. The standard InChI is InChI=1S/C19H16F3N5O2/c20-19(21,22)14-5-3-13(4-6-14)17-25-18(29)15(26-27-17)7-8-16(28)24-11-12-2-1-9-23-10-12/h1-6,9-10H,7-8,11H2,(H,24,28)(H,25,27,29). The summed E-state index contributed by atoms with van der Waals surface area (Å²) in [5.41, 5.74) is -0.139. The fraction of sp³-hybridized carbons (Fsp3) is 0.211. The number of hydrogen-bond donors (Lipinski definition) is 2. The number of amides is 1. The summed E-state index contributed by atoms with van der Waals surface area (Å²) in [5.74, 6) is -0.213. The van der Waals surface area contributed by atoms with E-state index in [1.165, 1.54) is 12.1 Å². The van der Waals surface area contributed by atoms with E-state index < -0.39 is 17.3 Å². The summed E-state index contributed by atoms with van der Waals surface area (Å²) in [6.45, 7) is 0.321. The van der Waals surface area contributed by atoms with Gasteiger partial charge in [-0.3, -0.25) is 14.6 Å². The van der Waals surface area contributed by atoms with Crippen LogP contribution in [-0.4, -0.2) is 26.1 Å². The maximum Gasteiger partial charge on any atom is 0.416 e. The molecule has 0 aliphatic rings. The SMILES string of the molecule is O=C(CCc1nnc(-c2ccc(C(F)(F)F)cc2)[nH]c1=O)NCc1cccnc1. The lowest BCUT2D eigenvalue weighted by Gasteiger charge is -2.07. The first kappa shape index (κ1) is 20.2. The van der Waals surface area contributed by atoms with Gasteiger partial charge in [-0.1, -0.05) is 18.2 Å². The third-order valence-electron chi connectivity index (χ3n) is 4.05. The van der Waals surface area contributed by atoms with Crippen molar-refractivity contribution in [2.75, 3.05) is 0 Å². The second-order valence-electron chi connectivity index (χ2n) is 6.16. The van der Waals surface area contributed by atoms with Gasteiger partial charge in [-0.05, 0) is 23.8 Å². The number of carbonyl (C=O) groups excluding carboxylic acids is 1. The van der Waals surface area contributed by atoms with Crippen molar-refractivity contribution in [1.82, 2.24) is 25.5 Å². The van der Waals surface area contributed by atoms with Gasteiger partial charge in [0.2, 0.25) is 5.91 Å². The van der Waals surface area contributed by atoms with Crippen molar-refractivity contribution in [1.29, 1.82) is 0 Å². The van der Waals surface area contributed by atoms with Crippen LogP contribution in [0.25, 0.3) is 11.4 Å². The molecular weight excluding hydrogens is 387 g/mol. The van der Waals surface area contributed by atoms with Gasteiger partial charge < -0.3 is 10.3 Å². The Morgan fingerprint density at radius 2 is 1.86 bits per heavy atom. The Kier molecular flexibility index (Phi) is 6.01. The first-order chi connectivity index (χ1) is 13.8. The summed E-state index contributed by atoms with van der Waals surface area (Å²) in [5, 5.41) is 10.4. The van der Waals surface area contributed by atoms with Crippen LogP contribution in [0.1, 0.15) is 23.2 Å². The van der Waals surface area contributed by atoms with Crippen molar-refractivity contribution in [2.45, 2.75) is 25.6 Å². The number of benzene rings is 1. The number of alkyl halides is 3. The monoisotopic (exact) mass is 403 g/mol. The average molecular weight is 403 g/mol. The zero-order valence-corrected chi connectivity index (χ0v) is 15.0. The van der Waals surface area contributed by atoms with Crippen LogP contribution in [-0.2, 0) is 23.9 Å². The molecule has 10 heteroatoms. The molecule has 0 saturated heterocycles. The highest BCUT2D eigenvalue weighted by atomic mass is 19.4. The lowest BCUT2D eigenvalue weighted by molar-refractivity contribution is -0.137. The second-order valence-corrected chi connectivity index (χ2v) is 6.16. The van der Waals surface area contributed by atoms with Crippen molar-refractivity contribution >= 4 is 5.91 Å². The fourth-order valence-electron chi connectivity index (χ4n) is 2.49. The predicted molar refractivity (Wildman–Crippen MR) is 97.5 cm³/mol. The maximum atomic E-state index is 12.6.